The summed E-state index contributed by atoms with van der Waals surface area (Å²) in [7, 11) is 1.60. The Hall–Kier alpha value is -3.65. The maximum atomic E-state index is 6.20. The third-order valence-electron chi connectivity index (χ3n) is 4.52. The van der Waals surface area contributed by atoms with Crippen molar-refractivity contribution in [2.24, 2.45) is 0 Å². The number of methoxy groups -OCH3 is 1. The van der Waals surface area contributed by atoms with Crippen LogP contribution in [-0.2, 0) is 0 Å². The van der Waals surface area contributed by atoms with Crippen LogP contribution in [0.5, 0.6) is 5.75 Å². The van der Waals surface area contributed by atoms with E-state index in [1.807, 2.05) is 18.3 Å². The predicted molar refractivity (Wildman–Crippen MR) is 107 cm³/mol. The molecule has 4 aromatic heterocycles. The van der Waals surface area contributed by atoms with Gasteiger partial charge in [-0.25, -0.2) is 14.2 Å². The summed E-state index contributed by atoms with van der Waals surface area (Å²) < 4.78 is 8.88. The molecular formula is C19H14ClN7O. The molecule has 0 aliphatic heterocycles. The van der Waals surface area contributed by atoms with Crippen molar-refractivity contribution in [1.29, 1.82) is 0 Å². The molecule has 8 nitrogen and oxygen atoms in total. The van der Waals surface area contributed by atoms with Crippen molar-refractivity contribution in [2.75, 3.05) is 12.8 Å². The van der Waals surface area contributed by atoms with E-state index < -0.39 is 0 Å². The Bertz CT molecular complexity index is 1340. The Morgan fingerprint density at radius 3 is 2.89 bits per heavy atom. The lowest BCUT2D eigenvalue weighted by molar-refractivity contribution is 0.412. The second kappa shape index (κ2) is 6.21. The van der Waals surface area contributed by atoms with E-state index in [9.17, 15) is 0 Å². The number of rotatable bonds is 3. The van der Waals surface area contributed by atoms with E-state index in [0.717, 1.165) is 16.5 Å². The van der Waals surface area contributed by atoms with Crippen molar-refractivity contribution < 1.29 is 4.74 Å². The first-order valence-electron chi connectivity index (χ1n) is 8.42. The van der Waals surface area contributed by atoms with Crippen LogP contribution in [0.3, 0.4) is 0 Å². The smallest absolute Gasteiger partial charge is 0.164 e. The number of anilines is 1. The number of hydrogen-bond donors (Lipinski definition) is 1. The number of aromatic nitrogens is 6. The van der Waals surface area contributed by atoms with Crippen LogP contribution in [0.15, 0.2) is 55.1 Å². The molecule has 0 atom stereocenters. The van der Waals surface area contributed by atoms with Gasteiger partial charge in [-0.1, -0.05) is 11.6 Å². The maximum absolute atomic E-state index is 6.20. The highest BCUT2D eigenvalue weighted by molar-refractivity contribution is 6.30. The van der Waals surface area contributed by atoms with E-state index in [4.69, 9.17) is 22.1 Å². The molecular weight excluding hydrogens is 378 g/mol. The first-order chi connectivity index (χ1) is 13.7. The van der Waals surface area contributed by atoms with E-state index in [-0.39, 0.29) is 0 Å². The van der Waals surface area contributed by atoms with Gasteiger partial charge in [0.05, 0.1) is 35.5 Å². The van der Waals surface area contributed by atoms with E-state index in [1.165, 1.54) is 0 Å². The summed E-state index contributed by atoms with van der Waals surface area (Å²) in [6, 6.07) is 9.06. The van der Waals surface area contributed by atoms with Crippen molar-refractivity contribution in [3.8, 4) is 22.7 Å². The first kappa shape index (κ1) is 16.5. The quantitative estimate of drug-likeness (QED) is 0.506. The number of nitrogens with two attached hydrogens (primary N) is 1. The summed E-state index contributed by atoms with van der Waals surface area (Å²) in [5.74, 6) is 0.999. The highest BCUT2D eigenvalue weighted by atomic mass is 35.5. The van der Waals surface area contributed by atoms with Gasteiger partial charge >= 0.3 is 0 Å². The molecule has 0 spiro atoms. The highest BCUT2D eigenvalue weighted by Crippen LogP contribution is 2.32. The molecule has 5 rings (SSSR count). The zero-order chi connectivity index (χ0) is 19.3. The summed E-state index contributed by atoms with van der Waals surface area (Å²) in [5.41, 5.74) is 9.83. The lowest BCUT2D eigenvalue weighted by Gasteiger charge is -2.10. The van der Waals surface area contributed by atoms with Crippen molar-refractivity contribution in [3.05, 3.63) is 60.1 Å². The zero-order valence-electron chi connectivity index (χ0n) is 14.7. The molecule has 28 heavy (non-hydrogen) atoms. The van der Waals surface area contributed by atoms with E-state index in [2.05, 4.69) is 20.2 Å². The van der Waals surface area contributed by atoms with E-state index >= 15 is 0 Å². The summed E-state index contributed by atoms with van der Waals surface area (Å²) in [5, 5.41) is 10.1. The normalized spacial score (nSPS) is 11.4. The minimum atomic E-state index is 0.370. The summed E-state index contributed by atoms with van der Waals surface area (Å²) in [6.07, 6.45) is 7.00. The number of pyridine rings is 1. The van der Waals surface area contributed by atoms with Crippen LogP contribution in [0, 0.1) is 0 Å². The Morgan fingerprint density at radius 2 is 2.04 bits per heavy atom. The van der Waals surface area contributed by atoms with Crippen molar-refractivity contribution in [1.82, 2.24) is 29.4 Å². The predicted octanol–water partition coefficient (Wildman–Crippen LogP) is 3.37. The van der Waals surface area contributed by atoms with Gasteiger partial charge in [0, 0.05) is 23.6 Å². The van der Waals surface area contributed by atoms with Gasteiger partial charge in [-0.05, 0) is 30.3 Å². The van der Waals surface area contributed by atoms with Gasteiger partial charge in [0.2, 0.25) is 0 Å². The van der Waals surface area contributed by atoms with Gasteiger partial charge in [0.1, 0.15) is 11.4 Å². The second-order valence-corrected chi connectivity index (χ2v) is 6.58. The van der Waals surface area contributed by atoms with Crippen LogP contribution in [0.4, 0.5) is 5.82 Å². The summed E-state index contributed by atoms with van der Waals surface area (Å²) in [4.78, 5) is 8.94. The molecule has 0 bridgehead atoms. The minimum Gasteiger partial charge on any atom is -0.494 e. The van der Waals surface area contributed by atoms with E-state index in [1.54, 1.807) is 53.1 Å². The van der Waals surface area contributed by atoms with Gasteiger partial charge in [-0.3, -0.25) is 4.98 Å². The van der Waals surface area contributed by atoms with Gasteiger partial charge in [-0.2, -0.15) is 5.10 Å². The number of ether oxygens (including phenoxy) is 1. The largest absolute Gasteiger partial charge is 0.494 e. The van der Waals surface area contributed by atoms with Crippen molar-refractivity contribution >= 4 is 34.0 Å². The fourth-order valence-electron chi connectivity index (χ4n) is 3.20. The van der Waals surface area contributed by atoms with Gasteiger partial charge in [0.25, 0.3) is 0 Å². The molecule has 0 aliphatic carbocycles. The van der Waals surface area contributed by atoms with Crippen LogP contribution in [0.2, 0.25) is 5.02 Å². The van der Waals surface area contributed by atoms with Gasteiger partial charge < -0.3 is 10.5 Å². The summed E-state index contributed by atoms with van der Waals surface area (Å²) in [6.45, 7) is 0. The van der Waals surface area contributed by atoms with Crippen LogP contribution in [0.25, 0.3) is 33.5 Å². The molecule has 1 aromatic carbocycles. The molecule has 0 amide bonds. The maximum Gasteiger partial charge on any atom is 0.164 e. The van der Waals surface area contributed by atoms with Crippen LogP contribution in [0.1, 0.15) is 0 Å². The number of nitrogens with zero attached hydrogens (tertiary/aromatic N) is 6. The number of fused-ring (bicyclic) bond motifs is 2. The minimum absolute atomic E-state index is 0.370. The van der Waals surface area contributed by atoms with Gasteiger partial charge in [0.15, 0.2) is 11.5 Å². The zero-order valence-corrected chi connectivity index (χ0v) is 15.5. The molecule has 4 heterocycles. The van der Waals surface area contributed by atoms with E-state index in [0.29, 0.717) is 33.6 Å². The average Bonchev–Trinajstić information content (AvgIpc) is 3.29. The SMILES string of the molecule is COc1ccc(Cl)cc1-n1nc(N)c2cnc(-c3cnn4cccnc34)cc21. The van der Waals surface area contributed by atoms with Crippen LogP contribution in [-0.4, -0.2) is 36.5 Å². The molecule has 0 aliphatic rings. The first-order valence-corrected chi connectivity index (χ1v) is 8.80. The van der Waals surface area contributed by atoms with Crippen molar-refractivity contribution in [2.45, 2.75) is 0 Å². The molecule has 0 saturated carbocycles. The molecule has 2 N–H and O–H groups in total. The molecule has 5 aromatic rings. The fourth-order valence-corrected chi connectivity index (χ4v) is 3.37. The molecule has 9 heteroatoms. The Labute approximate surface area is 164 Å². The second-order valence-electron chi connectivity index (χ2n) is 6.15. The Balaban J connectivity index is 1.77. The molecule has 138 valence electrons. The number of nitrogen functional groups attached to an aromatic ring is 1. The molecule has 0 saturated heterocycles. The molecule has 0 unspecified atom stereocenters. The highest BCUT2D eigenvalue weighted by Gasteiger charge is 2.17. The number of hydrogen-bond acceptors (Lipinski definition) is 6. The van der Waals surface area contributed by atoms with Crippen LogP contribution < -0.4 is 10.5 Å². The third-order valence-corrected chi connectivity index (χ3v) is 4.75. The fraction of sp³-hybridized carbons (Fsp3) is 0.0526. The molecule has 0 fully saturated rings. The number of benzene rings is 1. The summed E-state index contributed by atoms with van der Waals surface area (Å²) >= 11 is 6.20. The van der Waals surface area contributed by atoms with Crippen LogP contribution >= 0.6 is 11.6 Å². The lowest BCUT2D eigenvalue weighted by Crippen LogP contribution is -2.01. The lowest BCUT2D eigenvalue weighted by atomic mass is 10.2. The van der Waals surface area contributed by atoms with Crippen molar-refractivity contribution in [3.63, 3.8) is 0 Å². The Morgan fingerprint density at radius 1 is 1.14 bits per heavy atom. The topological polar surface area (TPSA) is 96.2 Å². The monoisotopic (exact) mass is 391 g/mol. The van der Waals surface area contributed by atoms with Gasteiger partial charge in [-0.15, -0.1) is 5.10 Å². The standard InChI is InChI=1S/C19H14ClN7O/c1-28-17-4-3-11(20)7-16(17)27-15-8-14(23-9-13(15)18(21)25-27)12-10-24-26-6-2-5-22-19(12)26/h2-10H,1H3,(H2,21,25). The third kappa shape index (κ3) is 2.46. The average molecular weight is 392 g/mol. The molecule has 0 radical (unpaired) electrons. The Kier molecular flexibility index (Phi) is 3.66. The number of halogens is 1.